The van der Waals surface area contributed by atoms with Gasteiger partial charge in [-0.3, -0.25) is 0 Å². The summed E-state index contributed by atoms with van der Waals surface area (Å²) >= 11 is 0. The fraction of sp³-hybridized carbons (Fsp3) is 0.500. The van der Waals surface area contributed by atoms with Crippen LogP contribution in [0.1, 0.15) is 28.8 Å². The number of rotatable bonds is 2. The molecule has 1 aliphatic rings. The molecule has 0 saturated carbocycles. The summed E-state index contributed by atoms with van der Waals surface area (Å²) in [6, 6.07) is 7.57. The van der Waals surface area contributed by atoms with Gasteiger partial charge in [0.25, 0.3) is 0 Å². The van der Waals surface area contributed by atoms with Gasteiger partial charge in [0, 0.05) is 13.1 Å². The number of likely N-dealkylation sites (tertiary alicyclic amines) is 1. The molecule has 18 heavy (non-hydrogen) atoms. The highest BCUT2D eigenvalue weighted by molar-refractivity contribution is 5.91. The first-order chi connectivity index (χ1) is 8.16. The highest BCUT2D eigenvalue weighted by atomic mass is 35.5. The van der Waals surface area contributed by atoms with Gasteiger partial charge in [0.2, 0.25) is 0 Å². The molecule has 0 spiro atoms. The molecular weight excluding hydrogens is 250 g/mol. The van der Waals surface area contributed by atoms with E-state index in [9.17, 15) is 4.79 Å². The Labute approximate surface area is 115 Å². The fourth-order valence-electron chi connectivity index (χ4n) is 2.12. The highest BCUT2D eigenvalue weighted by Gasteiger charge is 2.21. The summed E-state index contributed by atoms with van der Waals surface area (Å²) in [6.07, 6.45) is 1.96. The molecule has 0 atom stereocenters. The molecule has 100 valence electrons. The third-order valence-electron chi connectivity index (χ3n) is 3.30. The van der Waals surface area contributed by atoms with E-state index in [-0.39, 0.29) is 24.5 Å². The molecule has 1 saturated heterocycles. The average Bonchev–Trinajstić information content (AvgIpc) is 2.32. The van der Waals surface area contributed by atoms with Gasteiger partial charge in [-0.05, 0) is 38.4 Å². The summed E-state index contributed by atoms with van der Waals surface area (Å²) in [5, 5.41) is 0. The number of carbonyl (C=O) groups is 1. The maximum atomic E-state index is 12.0. The van der Waals surface area contributed by atoms with Crippen molar-refractivity contribution < 1.29 is 9.53 Å². The van der Waals surface area contributed by atoms with E-state index < -0.39 is 0 Å². The lowest BCUT2D eigenvalue weighted by Gasteiger charge is -2.28. The molecule has 1 aliphatic heterocycles. The number of esters is 1. The smallest absolute Gasteiger partial charge is 0.338 e. The minimum absolute atomic E-state index is 0. The Kier molecular flexibility index (Phi) is 5.63. The normalized spacial score (nSPS) is 17.0. The third-order valence-corrected chi connectivity index (χ3v) is 3.30. The number of benzene rings is 1. The number of ether oxygens (including phenoxy) is 1. The summed E-state index contributed by atoms with van der Waals surface area (Å²) in [7, 11) is 2.10. The number of carbonyl (C=O) groups excluding carboxylic acids is 1. The minimum Gasteiger partial charge on any atom is -0.459 e. The van der Waals surface area contributed by atoms with Gasteiger partial charge in [-0.2, -0.15) is 0 Å². The fourth-order valence-corrected chi connectivity index (χ4v) is 2.12. The van der Waals surface area contributed by atoms with Gasteiger partial charge in [0.15, 0.2) is 0 Å². The van der Waals surface area contributed by atoms with Gasteiger partial charge in [0.05, 0.1) is 5.56 Å². The molecule has 1 aromatic carbocycles. The summed E-state index contributed by atoms with van der Waals surface area (Å²) in [5.74, 6) is -0.183. The topological polar surface area (TPSA) is 29.5 Å². The maximum absolute atomic E-state index is 12.0. The number of hydrogen-bond acceptors (Lipinski definition) is 3. The molecule has 3 nitrogen and oxygen atoms in total. The van der Waals surface area contributed by atoms with Crippen molar-refractivity contribution in [3.63, 3.8) is 0 Å². The van der Waals surface area contributed by atoms with Crippen molar-refractivity contribution in [2.24, 2.45) is 0 Å². The van der Waals surface area contributed by atoms with Crippen LogP contribution in [0, 0.1) is 6.92 Å². The number of piperidine rings is 1. The Bertz CT molecular complexity index is 401. The average molecular weight is 270 g/mol. The molecule has 1 heterocycles. The quantitative estimate of drug-likeness (QED) is 0.773. The Morgan fingerprint density at radius 2 is 1.89 bits per heavy atom. The molecule has 0 N–H and O–H groups in total. The Balaban J connectivity index is 0.00000162. The summed E-state index contributed by atoms with van der Waals surface area (Å²) in [4.78, 5) is 14.2. The predicted molar refractivity (Wildman–Crippen MR) is 74.4 cm³/mol. The lowest BCUT2D eigenvalue weighted by Crippen LogP contribution is -2.35. The third kappa shape index (κ3) is 3.72. The van der Waals surface area contributed by atoms with Gasteiger partial charge >= 0.3 is 5.97 Å². The van der Waals surface area contributed by atoms with Crippen molar-refractivity contribution in [2.45, 2.75) is 25.9 Å². The molecule has 0 unspecified atom stereocenters. The first-order valence-corrected chi connectivity index (χ1v) is 6.12. The summed E-state index contributed by atoms with van der Waals surface area (Å²) in [6.45, 7) is 3.95. The molecule has 1 fully saturated rings. The number of aryl methyl sites for hydroxylation is 1. The van der Waals surface area contributed by atoms with Crippen molar-refractivity contribution in [2.75, 3.05) is 20.1 Å². The predicted octanol–water partition coefficient (Wildman–Crippen LogP) is 2.67. The minimum atomic E-state index is -0.183. The van der Waals surface area contributed by atoms with Crippen LogP contribution < -0.4 is 0 Å². The monoisotopic (exact) mass is 269 g/mol. The van der Waals surface area contributed by atoms with E-state index >= 15 is 0 Å². The van der Waals surface area contributed by atoms with Gasteiger partial charge in [-0.15, -0.1) is 12.4 Å². The van der Waals surface area contributed by atoms with Crippen LogP contribution in [0.3, 0.4) is 0 Å². The molecular formula is C14H20ClNO2. The second kappa shape index (κ2) is 6.76. The van der Waals surface area contributed by atoms with Crippen LogP contribution in [0.4, 0.5) is 0 Å². The standard InChI is InChI=1S/C14H19NO2.ClH/c1-11-5-3-4-6-13(11)14(16)17-12-7-9-15(2)10-8-12;/h3-6,12H,7-10H2,1-2H3;1H. The van der Waals surface area contributed by atoms with Crippen LogP contribution in [0.15, 0.2) is 24.3 Å². The van der Waals surface area contributed by atoms with Crippen LogP contribution in [-0.4, -0.2) is 37.1 Å². The van der Waals surface area contributed by atoms with Crippen molar-refractivity contribution in [1.82, 2.24) is 4.90 Å². The first kappa shape index (κ1) is 15.0. The van der Waals surface area contributed by atoms with Gasteiger partial charge < -0.3 is 9.64 Å². The van der Waals surface area contributed by atoms with E-state index in [2.05, 4.69) is 11.9 Å². The lowest BCUT2D eigenvalue weighted by molar-refractivity contribution is 0.0138. The zero-order valence-corrected chi connectivity index (χ0v) is 11.7. The molecule has 1 aromatic rings. The molecule has 2 rings (SSSR count). The highest BCUT2D eigenvalue weighted by Crippen LogP contribution is 2.16. The van der Waals surface area contributed by atoms with Crippen molar-refractivity contribution in [3.8, 4) is 0 Å². The largest absolute Gasteiger partial charge is 0.459 e. The Morgan fingerprint density at radius 1 is 1.28 bits per heavy atom. The van der Waals surface area contributed by atoms with Crippen molar-refractivity contribution in [1.29, 1.82) is 0 Å². The van der Waals surface area contributed by atoms with Gasteiger partial charge in [-0.25, -0.2) is 4.79 Å². The number of nitrogens with zero attached hydrogens (tertiary/aromatic N) is 1. The Morgan fingerprint density at radius 3 is 2.50 bits per heavy atom. The number of hydrogen-bond donors (Lipinski definition) is 0. The van der Waals surface area contributed by atoms with E-state index in [1.807, 2.05) is 31.2 Å². The van der Waals surface area contributed by atoms with E-state index in [1.165, 1.54) is 0 Å². The zero-order chi connectivity index (χ0) is 12.3. The van der Waals surface area contributed by atoms with E-state index in [4.69, 9.17) is 4.74 Å². The van der Waals surface area contributed by atoms with Gasteiger partial charge in [-0.1, -0.05) is 18.2 Å². The SMILES string of the molecule is Cc1ccccc1C(=O)OC1CCN(C)CC1.Cl. The molecule has 0 amide bonds. The summed E-state index contributed by atoms with van der Waals surface area (Å²) < 4.78 is 5.54. The molecule has 4 heteroatoms. The van der Waals surface area contributed by atoms with Crippen LogP contribution in [0.2, 0.25) is 0 Å². The molecule has 0 aliphatic carbocycles. The molecule has 0 radical (unpaired) electrons. The van der Waals surface area contributed by atoms with E-state index in [0.717, 1.165) is 31.5 Å². The van der Waals surface area contributed by atoms with Crippen LogP contribution in [-0.2, 0) is 4.74 Å². The summed E-state index contributed by atoms with van der Waals surface area (Å²) in [5.41, 5.74) is 1.66. The van der Waals surface area contributed by atoms with Gasteiger partial charge in [0.1, 0.15) is 6.10 Å². The lowest BCUT2D eigenvalue weighted by atomic mass is 10.1. The maximum Gasteiger partial charge on any atom is 0.338 e. The number of halogens is 1. The van der Waals surface area contributed by atoms with Crippen LogP contribution >= 0.6 is 12.4 Å². The second-order valence-electron chi connectivity index (χ2n) is 4.72. The first-order valence-electron chi connectivity index (χ1n) is 6.12. The van der Waals surface area contributed by atoms with Crippen LogP contribution in [0.5, 0.6) is 0 Å². The van der Waals surface area contributed by atoms with E-state index in [0.29, 0.717) is 5.56 Å². The molecule has 0 aromatic heterocycles. The van der Waals surface area contributed by atoms with Crippen LogP contribution in [0.25, 0.3) is 0 Å². The van der Waals surface area contributed by atoms with Crippen molar-refractivity contribution >= 4 is 18.4 Å². The van der Waals surface area contributed by atoms with Crippen molar-refractivity contribution in [3.05, 3.63) is 35.4 Å². The Hall–Kier alpha value is -1.06. The second-order valence-corrected chi connectivity index (χ2v) is 4.72. The van der Waals surface area contributed by atoms with E-state index in [1.54, 1.807) is 0 Å². The zero-order valence-electron chi connectivity index (χ0n) is 10.9. The molecule has 0 bridgehead atoms.